The number of rotatable bonds is 4. The summed E-state index contributed by atoms with van der Waals surface area (Å²) in [6.45, 7) is 3.93. The number of nitrogens with zero attached hydrogens (tertiary/aromatic N) is 2. The lowest BCUT2D eigenvalue weighted by Crippen LogP contribution is -2.36. The van der Waals surface area contributed by atoms with Gasteiger partial charge in [0, 0.05) is 18.5 Å². The summed E-state index contributed by atoms with van der Waals surface area (Å²) in [5.74, 6) is 0.634. The molecule has 6 heteroatoms. The van der Waals surface area contributed by atoms with Crippen molar-refractivity contribution in [2.75, 3.05) is 0 Å². The van der Waals surface area contributed by atoms with E-state index < -0.39 is 5.54 Å². The van der Waals surface area contributed by atoms with Crippen molar-refractivity contribution in [3.8, 4) is 11.5 Å². The van der Waals surface area contributed by atoms with Crippen LogP contribution in [0.25, 0.3) is 11.5 Å². The van der Waals surface area contributed by atoms with Crippen molar-refractivity contribution < 1.29 is 4.52 Å². The Morgan fingerprint density at radius 2 is 2.17 bits per heavy atom. The van der Waals surface area contributed by atoms with E-state index in [0.29, 0.717) is 24.2 Å². The molecule has 0 aromatic carbocycles. The molecule has 2 aromatic rings. The predicted molar refractivity (Wildman–Crippen MR) is 66.8 cm³/mol. The molecular weight excluding hydrogens is 232 g/mol. The molecule has 0 saturated carbocycles. The van der Waals surface area contributed by atoms with Gasteiger partial charge in [0.05, 0.1) is 5.54 Å². The number of aromatic nitrogens is 3. The molecule has 0 amide bonds. The van der Waals surface area contributed by atoms with Crippen molar-refractivity contribution in [3.63, 3.8) is 0 Å². The molecule has 0 aliphatic rings. The number of aromatic amines is 1. The van der Waals surface area contributed by atoms with E-state index in [1.807, 2.05) is 13.8 Å². The van der Waals surface area contributed by atoms with Gasteiger partial charge in [-0.2, -0.15) is 4.98 Å². The normalized spacial score (nSPS) is 11.7. The summed E-state index contributed by atoms with van der Waals surface area (Å²) in [5, 5.41) is 3.88. The highest BCUT2D eigenvalue weighted by Gasteiger charge is 2.29. The minimum Gasteiger partial charge on any atom is -0.367 e. The van der Waals surface area contributed by atoms with Gasteiger partial charge in [0.25, 0.3) is 5.89 Å². The Morgan fingerprint density at radius 3 is 2.78 bits per heavy atom. The molecule has 6 nitrogen and oxygen atoms in total. The van der Waals surface area contributed by atoms with E-state index in [2.05, 4.69) is 15.1 Å². The number of pyridine rings is 1. The smallest absolute Gasteiger partial charge is 0.263 e. The van der Waals surface area contributed by atoms with Crippen LogP contribution >= 0.6 is 0 Å². The summed E-state index contributed by atoms with van der Waals surface area (Å²) in [6.07, 6.45) is 4.49. The van der Waals surface area contributed by atoms with Gasteiger partial charge in [-0.3, -0.25) is 4.79 Å². The molecule has 3 N–H and O–H groups in total. The molecule has 2 aromatic heterocycles. The second-order valence-corrected chi connectivity index (χ2v) is 4.21. The average Bonchev–Trinajstić information content (AvgIpc) is 2.88. The fourth-order valence-electron chi connectivity index (χ4n) is 1.68. The van der Waals surface area contributed by atoms with Crippen LogP contribution in [0, 0.1) is 0 Å². The molecule has 0 bridgehead atoms. The molecule has 2 rings (SSSR count). The lowest BCUT2D eigenvalue weighted by molar-refractivity contribution is 0.350. The summed E-state index contributed by atoms with van der Waals surface area (Å²) >= 11 is 0. The van der Waals surface area contributed by atoms with Gasteiger partial charge in [0.2, 0.25) is 0 Å². The molecule has 0 radical (unpaired) electrons. The lowest BCUT2D eigenvalue weighted by Gasteiger charge is -2.21. The van der Waals surface area contributed by atoms with Gasteiger partial charge in [-0.15, -0.1) is 0 Å². The largest absolute Gasteiger partial charge is 0.367 e. The number of hydrogen-bond acceptors (Lipinski definition) is 5. The van der Waals surface area contributed by atoms with E-state index in [1.54, 1.807) is 6.20 Å². The van der Waals surface area contributed by atoms with E-state index in [0.717, 1.165) is 0 Å². The Kier molecular flexibility index (Phi) is 3.29. The van der Waals surface area contributed by atoms with Crippen molar-refractivity contribution in [2.24, 2.45) is 5.73 Å². The quantitative estimate of drug-likeness (QED) is 0.852. The Bertz CT molecular complexity index is 584. The van der Waals surface area contributed by atoms with Gasteiger partial charge in [-0.25, -0.2) is 0 Å². The van der Waals surface area contributed by atoms with E-state index in [1.165, 1.54) is 12.3 Å². The summed E-state index contributed by atoms with van der Waals surface area (Å²) in [5.41, 5.74) is 5.75. The molecule has 0 aliphatic carbocycles. The molecule has 0 saturated heterocycles. The van der Waals surface area contributed by atoms with Gasteiger partial charge < -0.3 is 15.2 Å². The number of nitrogens with one attached hydrogen (secondary N) is 1. The SMILES string of the molecule is CCC(N)(CC)c1noc(-c2c[nH]ccc2=O)n1. The Morgan fingerprint density at radius 1 is 1.44 bits per heavy atom. The summed E-state index contributed by atoms with van der Waals surface area (Å²) in [7, 11) is 0. The van der Waals surface area contributed by atoms with E-state index in [9.17, 15) is 4.79 Å². The lowest BCUT2D eigenvalue weighted by atomic mass is 9.93. The van der Waals surface area contributed by atoms with Crippen LogP contribution in [0.5, 0.6) is 0 Å². The van der Waals surface area contributed by atoms with Crippen LogP contribution < -0.4 is 11.2 Å². The van der Waals surface area contributed by atoms with Crippen LogP contribution in [0.15, 0.2) is 27.8 Å². The summed E-state index contributed by atoms with van der Waals surface area (Å²) in [6, 6.07) is 1.41. The second kappa shape index (κ2) is 4.73. The highest BCUT2D eigenvalue weighted by molar-refractivity contribution is 5.50. The third-order valence-corrected chi connectivity index (χ3v) is 3.19. The first-order valence-electron chi connectivity index (χ1n) is 5.91. The third kappa shape index (κ3) is 2.06. The molecule has 0 spiro atoms. The molecule has 0 unspecified atom stereocenters. The Hall–Kier alpha value is -1.95. The molecule has 0 aliphatic heterocycles. The van der Waals surface area contributed by atoms with Crippen molar-refractivity contribution >= 4 is 0 Å². The maximum absolute atomic E-state index is 11.6. The van der Waals surface area contributed by atoms with Crippen molar-refractivity contribution in [1.82, 2.24) is 15.1 Å². The van der Waals surface area contributed by atoms with Gasteiger partial charge in [-0.1, -0.05) is 19.0 Å². The van der Waals surface area contributed by atoms with Crippen LogP contribution in [0.4, 0.5) is 0 Å². The second-order valence-electron chi connectivity index (χ2n) is 4.21. The molecule has 0 atom stereocenters. The van der Waals surface area contributed by atoms with Crippen LogP contribution in [-0.4, -0.2) is 15.1 Å². The fraction of sp³-hybridized carbons (Fsp3) is 0.417. The molecule has 18 heavy (non-hydrogen) atoms. The van der Waals surface area contributed by atoms with Gasteiger partial charge in [0.1, 0.15) is 5.56 Å². The third-order valence-electron chi connectivity index (χ3n) is 3.19. The van der Waals surface area contributed by atoms with E-state index in [4.69, 9.17) is 10.3 Å². The molecule has 96 valence electrons. The topological polar surface area (TPSA) is 97.8 Å². The summed E-state index contributed by atoms with van der Waals surface area (Å²) < 4.78 is 5.12. The standard InChI is InChI=1S/C12H16N4O2/c1-3-12(13,4-2)11-15-10(18-16-11)8-7-14-6-5-9(8)17/h5-7H,3-4,13H2,1-2H3,(H,14,17). The van der Waals surface area contributed by atoms with Crippen molar-refractivity contribution in [3.05, 3.63) is 34.5 Å². The summed E-state index contributed by atoms with van der Waals surface area (Å²) in [4.78, 5) is 18.7. The van der Waals surface area contributed by atoms with Crippen LogP contribution in [0.1, 0.15) is 32.5 Å². The molecular formula is C12H16N4O2. The maximum Gasteiger partial charge on any atom is 0.263 e. The number of hydrogen-bond donors (Lipinski definition) is 2. The van der Waals surface area contributed by atoms with Crippen LogP contribution in [0.2, 0.25) is 0 Å². The monoisotopic (exact) mass is 248 g/mol. The van der Waals surface area contributed by atoms with E-state index in [-0.39, 0.29) is 11.3 Å². The van der Waals surface area contributed by atoms with E-state index >= 15 is 0 Å². The van der Waals surface area contributed by atoms with Gasteiger partial charge in [-0.05, 0) is 12.8 Å². The Balaban J connectivity index is 2.43. The number of nitrogens with two attached hydrogens (primary N) is 1. The van der Waals surface area contributed by atoms with Crippen LogP contribution in [0.3, 0.4) is 0 Å². The zero-order chi connectivity index (χ0) is 13.2. The first kappa shape index (κ1) is 12.5. The fourth-order valence-corrected chi connectivity index (χ4v) is 1.68. The number of H-pyrrole nitrogens is 1. The zero-order valence-electron chi connectivity index (χ0n) is 10.4. The van der Waals surface area contributed by atoms with Crippen molar-refractivity contribution in [2.45, 2.75) is 32.2 Å². The average molecular weight is 248 g/mol. The highest BCUT2D eigenvalue weighted by atomic mass is 16.5. The molecule has 2 heterocycles. The van der Waals surface area contributed by atoms with Crippen molar-refractivity contribution in [1.29, 1.82) is 0 Å². The minimum absolute atomic E-state index is 0.167. The Labute approximate surface area is 104 Å². The predicted octanol–water partition coefficient (Wildman–Crippen LogP) is 1.40. The highest BCUT2D eigenvalue weighted by Crippen LogP contribution is 2.24. The molecule has 0 fully saturated rings. The van der Waals surface area contributed by atoms with Gasteiger partial charge >= 0.3 is 0 Å². The zero-order valence-corrected chi connectivity index (χ0v) is 10.4. The maximum atomic E-state index is 11.6. The van der Waals surface area contributed by atoms with Crippen LogP contribution in [-0.2, 0) is 5.54 Å². The first-order valence-corrected chi connectivity index (χ1v) is 5.91. The minimum atomic E-state index is -0.608. The first-order chi connectivity index (χ1) is 8.60. The van der Waals surface area contributed by atoms with Gasteiger partial charge in [0.15, 0.2) is 11.3 Å².